The van der Waals surface area contributed by atoms with Crippen LogP contribution in [0.25, 0.3) is 0 Å². The highest BCUT2D eigenvalue weighted by Gasteiger charge is 2.35. The predicted octanol–water partition coefficient (Wildman–Crippen LogP) is 5.76. The molecule has 2 aromatic carbocycles. The minimum Gasteiger partial charge on any atom is -0.493 e. The monoisotopic (exact) mass is 529 g/mol. The molecule has 1 heterocycles. The summed E-state index contributed by atoms with van der Waals surface area (Å²) in [4.78, 5) is 26.5. The molecule has 38 heavy (non-hydrogen) atoms. The number of anilines is 1. The molecule has 1 fully saturated rings. The van der Waals surface area contributed by atoms with Crippen LogP contribution in [0.15, 0.2) is 42.5 Å². The Morgan fingerprint density at radius 2 is 1.71 bits per heavy atom. The molecule has 0 aromatic heterocycles. The third kappa shape index (κ3) is 8.34. The Morgan fingerprint density at radius 3 is 2.32 bits per heavy atom. The van der Waals surface area contributed by atoms with Gasteiger partial charge in [-0.2, -0.15) is 0 Å². The maximum atomic E-state index is 13.0. The van der Waals surface area contributed by atoms with E-state index in [1.165, 1.54) is 0 Å². The number of halogens is 1. The third-order valence-corrected chi connectivity index (χ3v) is 7.06. The van der Waals surface area contributed by atoms with Gasteiger partial charge in [0.25, 0.3) is 5.91 Å². The first-order chi connectivity index (χ1) is 18.3. The minimum absolute atomic E-state index is 0.190. The number of piperidine rings is 1. The highest BCUT2D eigenvalue weighted by Crippen LogP contribution is 2.33. The van der Waals surface area contributed by atoms with Gasteiger partial charge in [0.1, 0.15) is 17.2 Å². The van der Waals surface area contributed by atoms with Crippen molar-refractivity contribution in [3.8, 4) is 17.2 Å². The molecule has 1 aliphatic heterocycles. The van der Waals surface area contributed by atoms with E-state index in [1.807, 2.05) is 0 Å². The van der Waals surface area contributed by atoms with Gasteiger partial charge in [-0.05, 0) is 49.4 Å². The van der Waals surface area contributed by atoms with Crippen LogP contribution >= 0.6 is 0 Å². The van der Waals surface area contributed by atoms with Gasteiger partial charge in [-0.15, -0.1) is 0 Å². The van der Waals surface area contributed by atoms with Gasteiger partial charge in [-0.25, -0.2) is 4.79 Å². The van der Waals surface area contributed by atoms with Crippen molar-refractivity contribution in [2.45, 2.75) is 58.0 Å². The van der Waals surface area contributed by atoms with Crippen LogP contribution in [0.3, 0.4) is 0 Å². The van der Waals surface area contributed by atoms with E-state index in [0.717, 1.165) is 19.3 Å². The Morgan fingerprint density at radius 1 is 1.05 bits per heavy atom. The van der Waals surface area contributed by atoms with Crippen LogP contribution < -0.4 is 20.1 Å². The lowest BCUT2D eigenvalue weighted by molar-refractivity contribution is -0.0309. The molecule has 0 aliphatic carbocycles. The zero-order valence-electron chi connectivity index (χ0n) is 22.6. The summed E-state index contributed by atoms with van der Waals surface area (Å²) in [7, 11) is 1.56. The molecule has 0 bridgehead atoms. The van der Waals surface area contributed by atoms with E-state index in [9.17, 15) is 19.1 Å². The first-order valence-electron chi connectivity index (χ1n) is 13.4. The number of carbonyl (C=O) groups excluding carboxylic acids is 2. The normalized spacial score (nSPS) is 14.7. The first kappa shape index (κ1) is 29.2. The fraction of sp³-hybridized carbons (Fsp3) is 0.517. The summed E-state index contributed by atoms with van der Waals surface area (Å²) in [5.74, 6) is 1.65. The SMILES string of the molecule is CCC(CC)CC1(O)CCN(C(=O)Nc2cc(OCCCF)cc(Oc3ccc(C(=O)NC)cc3)c2)CC1. The van der Waals surface area contributed by atoms with Crippen molar-refractivity contribution >= 4 is 17.6 Å². The van der Waals surface area contributed by atoms with Gasteiger partial charge in [0.2, 0.25) is 0 Å². The maximum Gasteiger partial charge on any atom is 0.321 e. The summed E-state index contributed by atoms with van der Waals surface area (Å²) in [5, 5.41) is 16.5. The average Bonchev–Trinajstić information content (AvgIpc) is 2.92. The number of urea groups is 1. The third-order valence-electron chi connectivity index (χ3n) is 7.06. The van der Waals surface area contributed by atoms with Crippen molar-refractivity contribution in [2.75, 3.05) is 38.7 Å². The van der Waals surface area contributed by atoms with Gasteiger partial charge in [0.15, 0.2) is 0 Å². The second-order valence-electron chi connectivity index (χ2n) is 9.82. The van der Waals surface area contributed by atoms with E-state index in [1.54, 1.807) is 54.4 Å². The smallest absolute Gasteiger partial charge is 0.321 e. The number of nitrogens with zero attached hydrogens (tertiary/aromatic N) is 1. The van der Waals surface area contributed by atoms with Crippen LogP contribution in [0.1, 0.15) is 62.7 Å². The lowest BCUT2D eigenvalue weighted by Gasteiger charge is -2.39. The molecule has 3 N–H and O–H groups in total. The highest BCUT2D eigenvalue weighted by atomic mass is 19.1. The largest absolute Gasteiger partial charge is 0.493 e. The van der Waals surface area contributed by atoms with E-state index in [0.29, 0.717) is 60.3 Å². The molecule has 3 rings (SSSR count). The van der Waals surface area contributed by atoms with Crippen molar-refractivity contribution in [3.63, 3.8) is 0 Å². The van der Waals surface area contributed by atoms with Crippen molar-refractivity contribution in [1.82, 2.24) is 10.2 Å². The number of benzene rings is 2. The number of rotatable bonds is 12. The van der Waals surface area contributed by atoms with Crippen molar-refractivity contribution < 1.29 is 28.6 Å². The predicted molar refractivity (Wildman–Crippen MR) is 146 cm³/mol. The summed E-state index contributed by atoms with van der Waals surface area (Å²) in [6.45, 7) is 4.93. The quantitative estimate of drug-likeness (QED) is 0.304. The molecule has 3 amide bonds. The van der Waals surface area contributed by atoms with Crippen molar-refractivity contribution in [1.29, 1.82) is 0 Å². The van der Waals surface area contributed by atoms with Crippen LogP contribution in [0, 0.1) is 5.92 Å². The maximum absolute atomic E-state index is 13.0. The molecule has 2 aromatic rings. The first-order valence-corrected chi connectivity index (χ1v) is 13.4. The lowest BCUT2D eigenvalue weighted by Crippen LogP contribution is -2.48. The number of hydrogen-bond donors (Lipinski definition) is 3. The van der Waals surface area contributed by atoms with Crippen molar-refractivity contribution in [3.05, 3.63) is 48.0 Å². The minimum atomic E-state index is -0.730. The molecule has 0 radical (unpaired) electrons. The number of likely N-dealkylation sites (tertiary alicyclic amines) is 1. The summed E-state index contributed by atoms with van der Waals surface area (Å²) >= 11 is 0. The van der Waals surface area contributed by atoms with Crippen LogP contribution in [-0.4, -0.2) is 61.0 Å². The van der Waals surface area contributed by atoms with Gasteiger partial charge >= 0.3 is 6.03 Å². The fourth-order valence-electron chi connectivity index (χ4n) is 4.63. The van der Waals surface area contributed by atoms with Crippen LogP contribution in [0.4, 0.5) is 14.9 Å². The molecular weight excluding hydrogens is 489 g/mol. The van der Waals surface area contributed by atoms with Crippen molar-refractivity contribution in [2.24, 2.45) is 5.92 Å². The summed E-state index contributed by atoms with van der Waals surface area (Å²) in [6, 6.07) is 11.4. The van der Waals surface area contributed by atoms with E-state index < -0.39 is 12.3 Å². The molecule has 0 spiro atoms. The zero-order valence-corrected chi connectivity index (χ0v) is 22.6. The van der Waals surface area contributed by atoms with E-state index in [-0.39, 0.29) is 25.0 Å². The Hall–Kier alpha value is -3.33. The molecule has 0 unspecified atom stereocenters. The second kappa shape index (κ2) is 14.0. The lowest BCUT2D eigenvalue weighted by atomic mass is 9.81. The standard InChI is InChI=1S/C29H40FN3O5/c1-4-21(5-2)20-29(36)11-14-33(15-12-29)28(35)32-23-17-25(37-16-6-13-30)19-26(18-23)38-24-9-7-22(8-10-24)27(34)31-3/h7-10,17-19,21,36H,4-6,11-16,20H2,1-3H3,(H,31,34)(H,32,35). The molecular formula is C29H40FN3O5. The molecule has 208 valence electrons. The molecule has 0 saturated carbocycles. The number of ether oxygens (including phenoxy) is 2. The Kier molecular flexibility index (Phi) is 10.8. The zero-order chi connectivity index (χ0) is 27.5. The van der Waals surface area contributed by atoms with Gasteiger partial charge < -0.3 is 30.1 Å². The van der Waals surface area contributed by atoms with Crippen LogP contribution in [0.2, 0.25) is 0 Å². The molecule has 8 nitrogen and oxygen atoms in total. The van der Waals surface area contributed by atoms with E-state index in [2.05, 4.69) is 24.5 Å². The molecule has 1 saturated heterocycles. The number of hydrogen-bond acceptors (Lipinski definition) is 5. The number of aliphatic hydroxyl groups is 1. The average molecular weight is 530 g/mol. The number of carbonyl (C=O) groups is 2. The number of alkyl halides is 1. The Labute approximate surface area is 224 Å². The fourth-order valence-corrected chi connectivity index (χ4v) is 4.63. The summed E-state index contributed by atoms with van der Waals surface area (Å²) in [6.07, 6.45) is 4.18. The topological polar surface area (TPSA) is 100 Å². The number of nitrogens with one attached hydrogen (secondary N) is 2. The van der Waals surface area contributed by atoms with E-state index in [4.69, 9.17) is 9.47 Å². The van der Waals surface area contributed by atoms with Crippen LogP contribution in [0.5, 0.6) is 17.2 Å². The molecule has 1 aliphatic rings. The summed E-state index contributed by atoms with van der Waals surface area (Å²) < 4.78 is 24.2. The van der Waals surface area contributed by atoms with Gasteiger partial charge in [-0.1, -0.05) is 26.7 Å². The molecule has 9 heteroatoms. The van der Waals surface area contributed by atoms with Gasteiger partial charge in [0.05, 0.1) is 18.9 Å². The second-order valence-corrected chi connectivity index (χ2v) is 9.82. The van der Waals surface area contributed by atoms with E-state index >= 15 is 0 Å². The molecule has 0 atom stereocenters. The Balaban J connectivity index is 1.68. The highest BCUT2D eigenvalue weighted by molar-refractivity contribution is 5.94. The van der Waals surface area contributed by atoms with Crippen LogP contribution in [-0.2, 0) is 0 Å². The van der Waals surface area contributed by atoms with Gasteiger partial charge in [0, 0.05) is 56.0 Å². The van der Waals surface area contributed by atoms with Gasteiger partial charge in [-0.3, -0.25) is 9.18 Å². The Bertz CT molecular complexity index is 1050. The number of amides is 3. The summed E-state index contributed by atoms with van der Waals surface area (Å²) in [5.41, 5.74) is 0.249.